The van der Waals surface area contributed by atoms with Gasteiger partial charge in [-0.1, -0.05) is 60.7 Å². The van der Waals surface area contributed by atoms with Gasteiger partial charge in [0.2, 0.25) is 5.91 Å². The Bertz CT molecular complexity index is 1060. The molecule has 1 fully saturated rings. The van der Waals surface area contributed by atoms with E-state index < -0.39 is 6.10 Å². The molecule has 1 aliphatic heterocycles. The van der Waals surface area contributed by atoms with Crippen molar-refractivity contribution in [2.75, 3.05) is 27.2 Å². The number of rotatable bonds is 9. The van der Waals surface area contributed by atoms with Crippen LogP contribution in [0, 0.1) is 5.92 Å². The van der Waals surface area contributed by atoms with Crippen LogP contribution < -0.4 is 0 Å². The molecule has 1 aliphatic rings. The Hall–Kier alpha value is -3.45. The van der Waals surface area contributed by atoms with E-state index in [1.54, 1.807) is 24.2 Å². The molecule has 4 rings (SSSR count). The molecule has 0 spiro atoms. The van der Waals surface area contributed by atoms with E-state index in [-0.39, 0.29) is 24.4 Å². The highest BCUT2D eigenvalue weighted by molar-refractivity contribution is 5.82. The van der Waals surface area contributed by atoms with Crippen LogP contribution in [0.5, 0.6) is 0 Å². The Labute approximate surface area is 207 Å². The molecule has 1 aromatic heterocycles. The van der Waals surface area contributed by atoms with Crippen LogP contribution in [0.3, 0.4) is 0 Å². The minimum absolute atomic E-state index is 0.000118. The summed E-state index contributed by atoms with van der Waals surface area (Å²) in [4.78, 5) is 30.2. The third kappa shape index (κ3) is 6.17. The second-order valence-corrected chi connectivity index (χ2v) is 9.15. The maximum atomic E-state index is 13.2. The van der Waals surface area contributed by atoms with Crippen molar-refractivity contribution in [3.8, 4) is 0 Å². The summed E-state index contributed by atoms with van der Waals surface area (Å²) in [6.07, 6.45) is 5.37. The highest BCUT2D eigenvalue weighted by Crippen LogP contribution is 2.29. The summed E-state index contributed by atoms with van der Waals surface area (Å²) in [5.74, 6) is 0.333. The molecule has 184 valence electrons. The van der Waals surface area contributed by atoms with Crippen LogP contribution in [0.2, 0.25) is 0 Å². The van der Waals surface area contributed by atoms with Gasteiger partial charge in [-0.05, 0) is 42.4 Å². The maximum absolute atomic E-state index is 13.2. The number of ether oxygens (including phenoxy) is 1. The summed E-state index contributed by atoms with van der Waals surface area (Å²) in [7, 11) is 3.48. The van der Waals surface area contributed by atoms with Crippen LogP contribution in [0.25, 0.3) is 0 Å². The highest BCUT2D eigenvalue weighted by atomic mass is 16.5. The van der Waals surface area contributed by atoms with E-state index in [0.29, 0.717) is 19.0 Å². The zero-order valence-corrected chi connectivity index (χ0v) is 20.5. The van der Waals surface area contributed by atoms with Crippen molar-refractivity contribution in [3.63, 3.8) is 0 Å². The van der Waals surface area contributed by atoms with Crippen molar-refractivity contribution in [3.05, 3.63) is 90.3 Å². The third-order valence-electron chi connectivity index (χ3n) is 6.99. The number of piperidine rings is 1. The minimum atomic E-state index is -0.591. The quantitative estimate of drug-likeness (QED) is 0.476. The molecule has 0 radical (unpaired) electrons. The molecule has 2 amide bonds. The van der Waals surface area contributed by atoms with Gasteiger partial charge in [-0.25, -0.2) is 0 Å². The number of methoxy groups -OCH3 is 1. The third-order valence-corrected chi connectivity index (χ3v) is 6.99. The van der Waals surface area contributed by atoms with Crippen molar-refractivity contribution in [2.45, 2.75) is 38.0 Å². The van der Waals surface area contributed by atoms with Gasteiger partial charge in [0, 0.05) is 45.7 Å². The second kappa shape index (κ2) is 11.8. The fraction of sp³-hybridized carbons (Fsp3) is 0.393. The lowest BCUT2D eigenvalue weighted by Gasteiger charge is -2.40. The van der Waals surface area contributed by atoms with Gasteiger partial charge in [0.1, 0.15) is 6.54 Å². The molecule has 35 heavy (non-hydrogen) atoms. The number of nitrogens with zero attached hydrogens (tertiary/aromatic N) is 4. The summed E-state index contributed by atoms with van der Waals surface area (Å²) in [6, 6.07) is 21.8. The summed E-state index contributed by atoms with van der Waals surface area (Å²) < 4.78 is 7.23. The smallest absolute Gasteiger partial charge is 0.256 e. The molecular weight excluding hydrogens is 440 g/mol. The zero-order valence-electron chi connectivity index (χ0n) is 20.5. The average Bonchev–Trinajstić information content (AvgIpc) is 3.42. The number of carbonyl (C=O) groups excluding carboxylic acids is 2. The molecular formula is C28H34N4O3. The van der Waals surface area contributed by atoms with Crippen molar-refractivity contribution >= 4 is 11.8 Å². The lowest BCUT2D eigenvalue weighted by atomic mass is 9.84. The Morgan fingerprint density at radius 1 is 1.03 bits per heavy atom. The molecule has 2 heterocycles. The summed E-state index contributed by atoms with van der Waals surface area (Å²) in [5.41, 5.74) is 2.08. The Kier molecular flexibility index (Phi) is 8.32. The second-order valence-electron chi connectivity index (χ2n) is 9.15. The van der Waals surface area contributed by atoms with Crippen molar-refractivity contribution in [1.82, 2.24) is 19.6 Å². The molecule has 3 aromatic rings. The van der Waals surface area contributed by atoms with Gasteiger partial charge in [-0.2, -0.15) is 5.10 Å². The monoisotopic (exact) mass is 474 g/mol. The van der Waals surface area contributed by atoms with Gasteiger partial charge in [0.15, 0.2) is 6.10 Å². The maximum Gasteiger partial charge on any atom is 0.256 e. The first-order valence-corrected chi connectivity index (χ1v) is 12.2. The topological polar surface area (TPSA) is 67.7 Å². The van der Waals surface area contributed by atoms with Gasteiger partial charge >= 0.3 is 0 Å². The lowest BCUT2D eigenvalue weighted by Crippen LogP contribution is -2.49. The van der Waals surface area contributed by atoms with Crippen LogP contribution in [-0.2, 0) is 27.3 Å². The standard InChI is InChI=1S/C28H34N4O3/c1-30(26(33)21-32-17-9-16-29-32)25(20-22-10-5-3-6-11-22)23-14-18-31(19-15-23)28(34)27(35-2)24-12-7-4-8-13-24/h3-13,16-17,23,25,27H,14-15,18-21H2,1-2H3/t25-,27+/m0/s1. The molecule has 2 atom stereocenters. The van der Waals surface area contributed by atoms with E-state index in [4.69, 9.17) is 4.74 Å². The van der Waals surface area contributed by atoms with Crippen LogP contribution in [0.1, 0.15) is 30.1 Å². The number of amides is 2. The summed E-state index contributed by atoms with van der Waals surface area (Å²) in [5, 5.41) is 4.19. The summed E-state index contributed by atoms with van der Waals surface area (Å²) in [6.45, 7) is 1.53. The van der Waals surface area contributed by atoms with E-state index in [2.05, 4.69) is 17.2 Å². The highest BCUT2D eigenvalue weighted by Gasteiger charge is 2.34. The van der Waals surface area contributed by atoms with E-state index in [0.717, 1.165) is 24.8 Å². The zero-order chi connectivity index (χ0) is 24.6. The predicted molar refractivity (Wildman–Crippen MR) is 134 cm³/mol. The Morgan fingerprint density at radius 2 is 1.69 bits per heavy atom. The SMILES string of the molecule is CO[C@@H](C(=O)N1CCC([C@H](Cc2ccccc2)N(C)C(=O)Cn2cccn2)CC1)c1ccccc1. The Balaban J connectivity index is 1.44. The number of aromatic nitrogens is 2. The van der Waals surface area contributed by atoms with Gasteiger partial charge in [0.25, 0.3) is 5.91 Å². The van der Waals surface area contributed by atoms with Crippen LogP contribution in [0.4, 0.5) is 0 Å². The number of benzene rings is 2. The van der Waals surface area contributed by atoms with Crippen molar-refractivity contribution in [1.29, 1.82) is 0 Å². The number of likely N-dealkylation sites (tertiary alicyclic amines) is 1. The molecule has 7 heteroatoms. The molecule has 2 aromatic carbocycles. The summed E-state index contributed by atoms with van der Waals surface area (Å²) >= 11 is 0. The van der Waals surface area contributed by atoms with E-state index >= 15 is 0 Å². The molecule has 7 nitrogen and oxygen atoms in total. The first kappa shape index (κ1) is 24.7. The number of likely N-dealkylation sites (N-methyl/N-ethyl adjacent to an activating group) is 1. The minimum Gasteiger partial charge on any atom is -0.367 e. The van der Waals surface area contributed by atoms with E-state index in [1.807, 2.05) is 71.4 Å². The first-order chi connectivity index (χ1) is 17.1. The largest absolute Gasteiger partial charge is 0.367 e. The fourth-order valence-electron chi connectivity index (χ4n) is 4.98. The fourth-order valence-corrected chi connectivity index (χ4v) is 4.98. The average molecular weight is 475 g/mol. The molecule has 0 unspecified atom stereocenters. The van der Waals surface area contributed by atoms with Gasteiger partial charge in [0.05, 0.1) is 0 Å². The van der Waals surface area contributed by atoms with Crippen LogP contribution in [0.15, 0.2) is 79.1 Å². The molecule has 0 saturated carbocycles. The molecule has 0 bridgehead atoms. The molecule has 0 N–H and O–H groups in total. The van der Waals surface area contributed by atoms with E-state index in [1.165, 1.54) is 5.56 Å². The van der Waals surface area contributed by atoms with Crippen molar-refractivity contribution in [2.24, 2.45) is 5.92 Å². The number of carbonyl (C=O) groups is 2. The number of hydrogen-bond acceptors (Lipinski definition) is 4. The molecule has 0 aliphatic carbocycles. The number of hydrogen-bond donors (Lipinski definition) is 0. The van der Waals surface area contributed by atoms with Crippen LogP contribution in [-0.4, -0.2) is 64.7 Å². The predicted octanol–water partition coefficient (Wildman–Crippen LogP) is 3.58. The first-order valence-electron chi connectivity index (χ1n) is 12.2. The molecule has 1 saturated heterocycles. The van der Waals surface area contributed by atoms with E-state index in [9.17, 15) is 9.59 Å². The van der Waals surface area contributed by atoms with Gasteiger partial charge < -0.3 is 14.5 Å². The van der Waals surface area contributed by atoms with Gasteiger partial charge in [-0.3, -0.25) is 14.3 Å². The van der Waals surface area contributed by atoms with Crippen molar-refractivity contribution < 1.29 is 14.3 Å². The van der Waals surface area contributed by atoms with Gasteiger partial charge in [-0.15, -0.1) is 0 Å². The lowest BCUT2D eigenvalue weighted by molar-refractivity contribution is -0.145. The normalized spacial score (nSPS) is 16.0. The Morgan fingerprint density at radius 3 is 2.29 bits per heavy atom. The van der Waals surface area contributed by atoms with Crippen LogP contribution >= 0.6 is 0 Å².